The normalized spacial score (nSPS) is 11.2. The number of benzene rings is 6. The van der Waals surface area contributed by atoms with E-state index in [4.69, 9.17) is 0 Å². The van der Waals surface area contributed by atoms with Crippen LogP contribution in [0, 0.1) is 0 Å². The topological polar surface area (TPSA) is 34.0 Å². The van der Waals surface area contributed by atoms with Crippen molar-refractivity contribution in [2.24, 2.45) is 0 Å². The van der Waals surface area contributed by atoms with Gasteiger partial charge in [0.1, 0.15) is 0 Å². The summed E-state index contributed by atoms with van der Waals surface area (Å²) in [4.78, 5) is 11.1. The van der Waals surface area contributed by atoms with Gasteiger partial charge in [-0.05, 0) is 96.1 Å². The maximum atomic E-state index is 4.40. The molecule has 2 heterocycles. The molecule has 0 amide bonds. The number of anilines is 3. The smallest absolute Gasteiger partial charge is 0.159 e. The van der Waals surface area contributed by atoms with Crippen molar-refractivity contribution in [3.05, 3.63) is 170 Å². The SMILES string of the molecule is c1ccc(N(c2ccccc2)c2ccc(-c3ccc4c(c3)c3ccccc3n4-c3ccc(-c4ncccn4)cc3)cc2)cc1. The lowest BCUT2D eigenvalue weighted by atomic mass is 10.0. The molecule has 4 heteroatoms. The van der Waals surface area contributed by atoms with Crippen LogP contribution < -0.4 is 4.90 Å². The van der Waals surface area contributed by atoms with Crippen LogP contribution >= 0.6 is 0 Å². The lowest BCUT2D eigenvalue weighted by Gasteiger charge is -2.25. The Hall–Kier alpha value is -6.00. The molecule has 0 N–H and O–H groups in total. The highest BCUT2D eigenvalue weighted by molar-refractivity contribution is 6.10. The average Bonchev–Trinajstić information content (AvgIpc) is 3.44. The molecule has 2 aromatic heterocycles. The Balaban J connectivity index is 1.18. The standard InChI is InChI=1S/C40H28N4/c1-3-10-32(11-4-1)43(33-12-5-2-6-13-33)34-21-16-29(17-22-34)31-20-25-39-37(28-31)36-14-7-8-15-38(36)44(39)35-23-18-30(19-24-35)40-41-26-9-27-42-40/h1-28H. The summed E-state index contributed by atoms with van der Waals surface area (Å²) < 4.78 is 2.34. The highest BCUT2D eigenvalue weighted by atomic mass is 15.1. The van der Waals surface area contributed by atoms with Crippen molar-refractivity contribution in [3.63, 3.8) is 0 Å². The van der Waals surface area contributed by atoms with E-state index in [1.165, 1.54) is 32.9 Å². The van der Waals surface area contributed by atoms with E-state index in [2.05, 4.69) is 171 Å². The van der Waals surface area contributed by atoms with Gasteiger partial charge in [0.25, 0.3) is 0 Å². The van der Waals surface area contributed by atoms with Crippen molar-refractivity contribution >= 4 is 38.9 Å². The van der Waals surface area contributed by atoms with Gasteiger partial charge >= 0.3 is 0 Å². The molecular formula is C40H28N4. The van der Waals surface area contributed by atoms with Gasteiger partial charge in [0.05, 0.1) is 11.0 Å². The fraction of sp³-hybridized carbons (Fsp3) is 0. The Morgan fingerprint density at radius 2 is 0.955 bits per heavy atom. The summed E-state index contributed by atoms with van der Waals surface area (Å²) in [5.41, 5.74) is 10.2. The first-order valence-electron chi connectivity index (χ1n) is 14.8. The Morgan fingerprint density at radius 3 is 1.64 bits per heavy atom. The van der Waals surface area contributed by atoms with Gasteiger partial charge in [-0.15, -0.1) is 0 Å². The second kappa shape index (κ2) is 11.0. The second-order valence-electron chi connectivity index (χ2n) is 10.8. The molecule has 0 spiro atoms. The third-order valence-electron chi connectivity index (χ3n) is 8.11. The van der Waals surface area contributed by atoms with E-state index in [0.717, 1.165) is 34.1 Å². The minimum Gasteiger partial charge on any atom is -0.311 e. The van der Waals surface area contributed by atoms with Gasteiger partial charge in [-0.25, -0.2) is 9.97 Å². The summed E-state index contributed by atoms with van der Waals surface area (Å²) >= 11 is 0. The van der Waals surface area contributed by atoms with E-state index in [0.29, 0.717) is 0 Å². The average molecular weight is 565 g/mol. The monoisotopic (exact) mass is 564 g/mol. The van der Waals surface area contributed by atoms with E-state index < -0.39 is 0 Å². The summed E-state index contributed by atoms with van der Waals surface area (Å²) in [5, 5.41) is 2.46. The fourth-order valence-corrected chi connectivity index (χ4v) is 6.04. The molecule has 0 radical (unpaired) electrons. The Kier molecular flexibility index (Phi) is 6.43. The molecule has 0 bridgehead atoms. The second-order valence-corrected chi connectivity index (χ2v) is 10.8. The molecule has 8 aromatic rings. The summed E-state index contributed by atoms with van der Waals surface area (Å²) in [6, 6.07) is 55.6. The molecular weight excluding hydrogens is 536 g/mol. The minimum absolute atomic E-state index is 0.729. The van der Waals surface area contributed by atoms with Gasteiger partial charge in [-0.1, -0.05) is 72.8 Å². The van der Waals surface area contributed by atoms with Crippen molar-refractivity contribution in [1.29, 1.82) is 0 Å². The van der Waals surface area contributed by atoms with Crippen LogP contribution in [0.25, 0.3) is 50.0 Å². The number of nitrogens with zero attached hydrogens (tertiary/aromatic N) is 4. The first-order valence-corrected chi connectivity index (χ1v) is 14.8. The van der Waals surface area contributed by atoms with Crippen LogP contribution in [0.3, 0.4) is 0 Å². The van der Waals surface area contributed by atoms with Gasteiger partial charge in [0.2, 0.25) is 0 Å². The van der Waals surface area contributed by atoms with Crippen LogP contribution in [0.2, 0.25) is 0 Å². The van der Waals surface area contributed by atoms with Crippen LogP contribution in [0.1, 0.15) is 0 Å². The molecule has 0 aliphatic carbocycles. The molecule has 0 fully saturated rings. The Morgan fingerprint density at radius 1 is 0.409 bits per heavy atom. The Bertz CT molecular complexity index is 2150. The van der Waals surface area contributed by atoms with Crippen LogP contribution in [-0.4, -0.2) is 14.5 Å². The molecule has 44 heavy (non-hydrogen) atoms. The third kappa shape index (κ3) is 4.59. The van der Waals surface area contributed by atoms with Gasteiger partial charge in [-0.3, -0.25) is 0 Å². The quantitative estimate of drug-likeness (QED) is 0.201. The number of hydrogen-bond donors (Lipinski definition) is 0. The third-order valence-corrected chi connectivity index (χ3v) is 8.11. The molecule has 0 saturated carbocycles. The summed E-state index contributed by atoms with van der Waals surface area (Å²) in [7, 11) is 0. The van der Waals surface area contributed by atoms with Crippen LogP contribution in [-0.2, 0) is 0 Å². The van der Waals surface area contributed by atoms with E-state index in [9.17, 15) is 0 Å². The first-order chi connectivity index (χ1) is 21.8. The number of para-hydroxylation sites is 3. The van der Waals surface area contributed by atoms with Gasteiger partial charge in [0.15, 0.2) is 5.82 Å². The van der Waals surface area contributed by atoms with Crippen molar-refractivity contribution in [2.45, 2.75) is 0 Å². The molecule has 8 rings (SSSR count). The largest absolute Gasteiger partial charge is 0.311 e. The number of rotatable bonds is 6. The maximum Gasteiger partial charge on any atom is 0.159 e. The van der Waals surface area contributed by atoms with E-state index in [1.807, 2.05) is 6.07 Å². The molecule has 6 aromatic carbocycles. The van der Waals surface area contributed by atoms with Crippen LogP contribution in [0.15, 0.2) is 170 Å². The van der Waals surface area contributed by atoms with Gasteiger partial charge in [-0.2, -0.15) is 0 Å². The lowest BCUT2D eigenvalue weighted by Crippen LogP contribution is -2.09. The fourth-order valence-electron chi connectivity index (χ4n) is 6.04. The predicted octanol–water partition coefficient (Wildman–Crippen LogP) is 10.4. The Labute approximate surface area is 256 Å². The highest BCUT2D eigenvalue weighted by Gasteiger charge is 2.15. The highest BCUT2D eigenvalue weighted by Crippen LogP contribution is 2.38. The van der Waals surface area contributed by atoms with Crippen molar-refractivity contribution < 1.29 is 0 Å². The van der Waals surface area contributed by atoms with Crippen molar-refractivity contribution in [1.82, 2.24) is 14.5 Å². The molecule has 0 unspecified atom stereocenters. The van der Waals surface area contributed by atoms with E-state index in [-0.39, 0.29) is 0 Å². The zero-order valence-corrected chi connectivity index (χ0v) is 24.0. The molecule has 208 valence electrons. The molecule has 0 saturated heterocycles. The van der Waals surface area contributed by atoms with Crippen molar-refractivity contribution in [3.8, 4) is 28.2 Å². The molecule has 0 aliphatic heterocycles. The zero-order chi connectivity index (χ0) is 29.3. The molecule has 4 nitrogen and oxygen atoms in total. The van der Waals surface area contributed by atoms with Crippen LogP contribution in [0.4, 0.5) is 17.1 Å². The molecule has 0 aliphatic rings. The summed E-state index contributed by atoms with van der Waals surface area (Å²) in [6.45, 7) is 0. The maximum absolute atomic E-state index is 4.40. The summed E-state index contributed by atoms with van der Waals surface area (Å²) in [6.07, 6.45) is 3.55. The zero-order valence-electron chi connectivity index (χ0n) is 24.0. The van der Waals surface area contributed by atoms with Gasteiger partial charge in [0, 0.05) is 51.5 Å². The first kappa shape index (κ1) is 25.7. The van der Waals surface area contributed by atoms with Crippen molar-refractivity contribution in [2.75, 3.05) is 4.90 Å². The minimum atomic E-state index is 0.729. The summed E-state index contributed by atoms with van der Waals surface area (Å²) in [5.74, 6) is 0.729. The van der Waals surface area contributed by atoms with Gasteiger partial charge < -0.3 is 9.47 Å². The lowest BCUT2D eigenvalue weighted by molar-refractivity contribution is 1.16. The number of fused-ring (bicyclic) bond motifs is 3. The number of aromatic nitrogens is 3. The van der Waals surface area contributed by atoms with Crippen LogP contribution in [0.5, 0.6) is 0 Å². The number of hydrogen-bond acceptors (Lipinski definition) is 3. The predicted molar refractivity (Wildman–Crippen MR) is 182 cm³/mol. The van der Waals surface area contributed by atoms with E-state index >= 15 is 0 Å². The van der Waals surface area contributed by atoms with E-state index in [1.54, 1.807) is 12.4 Å². The molecule has 0 atom stereocenters.